The van der Waals surface area contributed by atoms with Crippen LogP contribution in [0.1, 0.15) is 31.7 Å². The quantitative estimate of drug-likeness (QED) is 0.581. The van der Waals surface area contributed by atoms with E-state index >= 15 is 0 Å². The molecular formula is C23H25FN4O5S. The molecule has 2 aliphatic heterocycles. The highest BCUT2D eigenvalue weighted by Gasteiger charge is 2.51. The highest BCUT2D eigenvalue weighted by atomic mass is 32.2. The van der Waals surface area contributed by atoms with E-state index in [0.29, 0.717) is 18.7 Å². The Hall–Kier alpha value is -3.31. The van der Waals surface area contributed by atoms with Crippen molar-refractivity contribution >= 4 is 33.6 Å². The number of benzene rings is 2. The Bertz CT molecular complexity index is 1230. The van der Waals surface area contributed by atoms with E-state index in [1.807, 2.05) is 0 Å². The average molecular weight is 489 g/mol. The molecule has 2 fully saturated rings. The smallest absolute Gasteiger partial charge is 0.324 e. The van der Waals surface area contributed by atoms with Crippen LogP contribution in [0, 0.1) is 5.82 Å². The van der Waals surface area contributed by atoms with Crippen molar-refractivity contribution in [2.45, 2.75) is 36.6 Å². The van der Waals surface area contributed by atoms with E-state index in [1.165, 1.54) is 52.8 Å². The van der Waals surface area contributed by atoms with Gasteiger partial charge in [0.15, 0.2) is 0 Å². The molecule has 2 aliphatic rings. The number of urea groups is 1. The molecule has 2 saturated heterocycles. The van der Waals surface area contributed by atoms with Gasteiger partial charge in [0, 0.05) is 18.8 Å². The van der Waals surface area contributed by atoms with E-state index in [-0.39, 0.29) is 17.0 Å². The molecule has 0 bridgehead atoms. The maximum absolute atomic E-state index is 13.3. The molecule has 0 aromatic heterocycles. The summed E-state index contributed by atoms with van der Waals surface area (Å²) in [6.45, 7) is 2.06. The number of nitrogens with zero attached hydrogens (tertiary/aromatic N) is 2. The third-order valence-corrected chi connectivity index (χ3v) is 8.06. The number of hydrogen-bond donors (Lipinski definition) is 2. The van der Waals surface area contributed by atoms with Gasteiger partial charge in [-0.15, -0.1) is 0 Å². The molecule has 1 atom stereocenters. The summed E-state index contributed by atoms with van der Waals surface area (Å²) >= 11 is 0. The highest BCUT2D eigenvalue weighted by Crippen LogP contribution is 2.32. The van der Waals surface area contributed by atoms with Crippen LogP contribution in [0.4, 0.5) is 14.9 Å². The van der Waals surface area contributed by atoms with Crippen LogP contribution in [0.15, 0.2) is 53.4 Å². The van der Waals surface area contributed by atoms with Gasteiger partial charge >= 0.3 is 6.03 Å². The number of anilines is 1. The molecular weight excluding hydrogens is 463 g/mol. The summed E-state index contributed by atoms with van der Waals surface area (Å²) in [7, 11) is -3.66. The molecule has 1 unspecified atom stereocenters. The minimum absolute atomic E-state index is 0.0588. The Balaban J connectivity index is 1.49. The monoisotopic (exact) mass is 488 g/mol. The topological polar surface area (TPSA) is 116 Å². The molecule has 0 saturated carbocycles. The molecule has 180 valence electrons. The van der Waals surface area contributed by atoms with Crippen molar-refractivity contribution in [3.05, 3.63) is 59.9 Å². The molecule has 2 N–H and O–H groups in total. The molecule has 2 heterocycles. The van der Waals surface area contributed by atoms with E-state index in [1.54, 1.807) is 6.92 Å². The molecule has 9 nitrogen and oxygen atoms in total. The third-order valence-electron chi connectivity index (χ3n) is 6.17. The highest BCUT2D eigenvalue weighted by molar-refractivity contribution is 7.89. The second-order valence-electron chi connectivity index (χ2n) is 8.27. The number of rotatable bonds is 7. The standard InChI is InChI=1S/C23H25FN4O5S/c1-2-23(16-8-10-17(24)11-9-16)21(30)28(22(31)26-23)15-20(29)25-18-6-5-7-19(14-18)34(32,33)27-12-3-4-13-27/h5-11,14H,2-4,12-13,15H2,1H3,(H,25,29)(H,26,31). The van der Waals surface area contributed by atoms with Gasteiger partial charge in [-0.1, -0.05) is 25.1 Å². The van der Waals surface area contributed by atoms with Gasteiger partial charge in [-0.2, -0.15) is 4.31 Å². The average Bonchev–Trinajstić information content (AvgIpc) is 3.44. The number of amides is 4. The number of hydrogen-bond acceptors (Lipinski definition) is 5. The zero-order valence-electron chi connectivity index (χ0n) is 18.6. The van der Waals surface area contributed by atoms with Gasteiger partial charge < -0.3 is 10.6 Å². The summed E-state index contributed by atoms with van der Waals surface area (Å²) in [6.07, 6.45) is 1.81. The zero-order valence-corrected chi connectivity index (χ0v) is 19.4. The first-order valence-electron chi connectivity index (χ1n) is 11.0. The summed E-state index contributed by atoms with van der Waals surface area (Å²) < 4.78 is 40.3. The van der Waals surface area contributed by atoms with Gasteiger partial charge in [-0.05, 0) is 55.2 Å². The fourth-order valence-corrected chi connectivity index (χ4v) is 5.86. The minimum Gasteiger partial charge on any atom is -0.324 e. The number of imide groups is 1. The minimum atomic E-state index is -3.66. The second-order valence-corrected chi connectivity index (χ2v) is 10.2. The summed E-state index contributed by atoms with van der Waals surface area (Å²) in [5.74, 6) is -1.76. The Morgan fingerprint density at radius 1 is 1.12 bits per heavy atom. The largest absolute Gasteiger partial charge is 0.325 e. The first-order valence-corrected chi connectivity index (χ1v) is 12.4. The summed E-state index contributed by atoms with van der Waals surface area (Å²) in [5.41, 5.74) is -0.746. The maximum atomic E-state index is 13.3. The second kappa shape index (κ2) is 9.15. The molecule has 0 aliphatic carbocycles. The Morgan fingerprint density at radius 3 is 2.44 bits per heavy atom. The van der Waals surface area contributed by atoms with Crippen LogP contribution in [0.2, 0.25) is 0 Å². The number of carbonyl (C=O) groups excluding carboxylic acids is 3. The Morgan fingerprint density at radius 2 is 1.79 bits per heavy atom. The van der Waals surface area contributed by atoms with Gasteiger partial charge in [-0.25, -0.2) is 17.6 Å². The summed E-state index contributed by atoms with van der Waals surface area (Å²) in [5, 5.41) is 5.19. The molecule has 2 aromatic carbocycles. The van der Waals surface area contributed by atoms with Gasteiger partial charge in [0.1, 0.15) is 17.9 Å². The maximum Gasteiger partial charge on any atom is 0.325 e. The predicted molar refractivity (Wildman–Crippen MR) is 122 cm³/mol. The van der Waals surface area contributed by atoms with Crippen LogP contribution in [0.25, 0.3) is 0 Å². The summed E-state index contributed by atoms with van der Waals surface area (Å²) in [6, 6.07) is 10.4. The van der Waals surface area contributed by atoms with Crippen molar-refractivity contribution < 1.29 is 27.2 Å². The molecule has 0 spiro atoms. The molecule has 4 rings (SSSR count). The Kier molecular flexibility index (Phi) is 6.41. The lowest BCUT2D eigenvalue weighted by molar-refractivity contribution is -0.134. The number of halogens is 1. The van der Waals surface area contributed by atoms with E-state index in [9.17, 15) is 27.2 Å². The van der Waals surface area contributed by atoms with Crippen LogP contribution < -0.4 is 10.6 Å². The van der Waals surface area contributed by atoms with Crippen molar-refractivity contribution in [2.75, 3.05) is 25.0 Å². The van der Waals surface area contributed by atoms with Crippen molar-refractivity contribution in [3.8, 4) is 0 Å². The zero-order chi connectivity index (χ0) is 24.5. The summed E-state index contributed by atoms with van der Waals surface area (Å²) in [4.78, 5) is 39.3. The van der Waals surface area contributed by atoms with Crippen molar-refractivity contribution in [2.24, 2.45) is 0 Å². The van der Waals surface area contributed by atoms with E-state index < -0.39 is 45.8 Å². The lowest BCUT2D eigenvalue weighted by Crippen LogP contribution is -2.44. The first-order chi connectivity index (χ1) is 16.2. The molecule has 4 amide bonds. The first kappa shape index (κ1) is 23.8. The molecule has 2 aromatic rings. The van der Waals surface area contributed by atoms with Crippen molar-refractivity contribution in [1.82, 2.24) is 14.5 Å². The van der Waals surface area contributed by atoms with Gasteiger partial charge in [0.25, 0.3) is 5.91 Å². The van der Waals surface area contributed by atoms with Crippen LogP contribution >= 0.6 is 0 Å². The lowest BCUT2D eigenvalue weighted by Gasteiger charge is -2.25. The van der Waals surface area contributed by atoms with Crippen LogP contribution in [-0.4, -0.2) is 55.1 Å². The van der Waals surface area contributed by atoms with Gasteiger partial charge in [0.05, 0.1) is 4.90 Å². The normalized spacial score (nSPS) is 21.1. The SMILES string of the molecule is CCC1(c2ccc(F)cc2)NC(=O)N(CC(=O)Nc2cccc(S(=O)(=O)N3CCCC3)c2)C1=O. The lowest BCUT2D eigenvalue weighted by atomic mass is 9.87. The van der Waals surface area contributed by atoms with E-state index in [4.69, 9.17) is 0 Å². The van der Waals surface area contributed by atoms with Crippen molar-refractivity contribution in [3.63, 3.8) is 0 Å². The Labute approximate surface area is 197 Å². The fourth-order valence-electron chi connectivity index (χ4n) is 4.30. The molecule has 34 heavy (non-hydrogen) atoms. The van der Waals surface area contributed by atoms with Crippen molar-refractivity contribution in [1.29, 1.82) is 0 Å². The third kappa shape index (κ3) is 4.28. The van der Waals surface area contributed by atoms with Crippen LogP contribution in [-0.2, 0) is 25.2 Å². The number of sulfonamides is 1. The fraction of sp³-hybridized carbons (Fsp3) is 0.348. The number of carbonyl (C=O) groups is 3. The molecule has 11 heteroatoms. The van der Waals surface area contributed by atoms with Crippen LogP contribution in [0.3, 0.4) is 0 Å². The number of nitrogens with one attached hydrogen (secondary N) is 2. The van der Waals surface area contributed by atoms with Crippen LogP contribution in [0.5, 0.6) is 0 Å². The van der Waals surface area contributed by atoms with Gasteiger partial charge in [-0.3, -0.25) is 14.5 Å². The van der Waals surface area contributed by atoms with Gasteiger partial charge in [0.2, 0.25) is 15.9 Å². The van der Waals surface area contributed by atoms with E-state index in [0.717, 1.165) is 17.7 Å². The van der Waals surface area contributed by atoms with E-state index in [2.05, 4.69) is 10.6 Å². The molecule has 0 radical (unpaired) electrons. The predicted octanol–water partition coefficient (Wildman–Crippen LogP) is 2.41.